The van der Waals surface area contributed by atoms with Crippen molar-refractivity contribution in [2.24, 2.45) is 0 Å². The molecule has 2 aliphatic carbocycles. The molecule has 1 unspecified atom stereocenters. The summed E-state index contributed by atoms with van der Waals surface area (Å²) < 4.78 is 26.1. The van der Waals surface area contributed by atoms with Crippen molar-refractivity contribution in [3.8, 4) is 0 Å². The summed E-state index contributed by atoms with van der Waals surface area (Å²) in [6, 6.07) is 0.509. The van der Waals surface area contributed by atoms with Crippen LogP contribution in [-0.2, 0) is 14.6 Å². The first-order valence-electron chi connectivity index (χ1n) is 10.0. The van der Waals surface area contributed by atoms with Crippen LogP contribution in [0.3, 0.4) is 0 Å². The number of nitrogens with zero attached hydrogens (tertiary/aromatic N) is 4. The number of carbonyl (C=O) groups is 1. The number of thioether (sulfide) groups is 1. The normalized spacial score (nSPS) is 25.6. The lowest BCUT2D eigenvalue weighted by Crippen LogP contribution is -2.49. The summed E-state index contributed by atoms with van der Waals surface area (Å²) in [6.07, 6.45) is 8.30. The third kappa shape index (κ3) is 4.34. The van der Waals surface area contributed by atoms with Gasteiger partial charge in [0.25, 0.3) is 0 Å². The Morgan fingerprint density at radius 3 is 2.48 bits per heavy atom. The van der Waals surface area contributed by atoms with Gasteiger partial charge in [0.05, 0.1) is 17.3 Å². The molecule has 1 aliphatic heterocycles. The van der Waals surface area contributed by atoms with Crippen molar-refractivity contribution in [2.45, 2.75) is 81.6 Å². The maximum Gasteiger partial charge on any atom is 0.233 e. The molecule has 1 saturated heterocycles. The molecule has 1 aromatic rings. The van der Waals surface area contributed by atoms with E-state index < -0.39 is 9.84 Å². The highest BCUT2D eigenvalue weighted by Gasteiger charge is 2.38. The van der Waals surface area contributed by atoms with E-state index in [1.54, 1.807) is 0 Å². The van der Waals surface area contributed by atoms with Crippen molar-refractivity contribution < 1.29 is 13.2 Å². The average Bonchev–Trinajstić information content (AvgIpc) is 3.32. The Labute approximate surface area is 165 Å². The smallest absolute Gasteiger partial charge is 0.233 e. The van der Waals surface area contributed by atoms with Gasteiger partial charge >= 0.3 is 0 Å². The van der Waals surface area contributed by atoms with Crippen molar-refractivity contribution in [1.29, 1.82) is 0 Å². The second-order valence-corrected chi connectivity index (χ2v) is 11.2. The zero-order chi connectivity index (χ0) is 19.0. The molecule has 2 heterocycles. The Hall–Kier alpha value is -1.09. The molecule has 3 fully saturated rings. The van der Waals surface area contributed by atoms with Crippen molar-refractivity contribution >= 4 is 27.5 Å². The van der Waals surface area contributed by atoms with Gasteiger partial charge in [-0.1, -0.05) is 31.0 Å². The topological polar surface area (TPSA) is 85.2 Å². The number of carbonyl (C=O) groups excluding carboxylic acids is 1. The highest BCUT2D eigenvalue weighted by Crippen LogP contribution is 2.38. The van der Waals surface area contributed by atoms with Crippen LogP contribution >= 0.6 is 11.8 Å². The van der Waals surface area contributed by atoms with Crippen LogP contribution in [0.5, 0.6) is 0 Å². The van der Waals surface area contributed by atoms with E-state index in [0.29, 0.717) is 18.2 Å². The van der Waals surface area contributed by atoms with Gasteiger partial charge < -0.3 is 9.47 Å². The monoisotopic (exact) mass is 412 g/mol. The maximum absolute atomic E-state index is 13.2. The van der Waals surface area contributed by atoms with Crippen LogP contribution in [0.2, 0.25) is 0 Å². The second-order valence-electron chi connectivity index (χ2n) is 8.07. The Kier molecular flexibility index (Phi) is 5.51. The first-order valence-corrected chi connectivity index (χ1v) is 12.8. The molecule has 3 aliphatic rings. The van der Waals surface area contributed by atoms with E-state index >= 15 is 0 Å². The van der Waals surface area contributed by atoms with Gasteiger partial charge in [-0.2, -0.15) is 0 Å². The predicted octanol–water partition coefficient (Wildman–Crippen LogP) is 2.36. The third-order valence-electron chi connectivity index (χ3n) is 5.93. The summed E-state index contributed by atoms with van der Waals surface area (Å²) in [7, 11) is -3.01. The van der Waals surface area contributed by atoms with Gasteiger partial charge in [-0.15, -0.1) is 10.2 Å². The van der Waals surface area contributed by atoms with E-state index in [2.05, 4.69) is 14.8 Å². The molecule has 0 radical (unpaired) electrons. The van der Waals surface area contributed by atoms with Crippen LogP contribution in [0.1, 0.15) is 63.2 Å². The molecule has 7 nitrogen and oxygen atoms in total. The summed E-state index contributed by atoms with van der Waals surface area (Å²) >= 11 is 1.44. The minimum atomic E-state index is -3.01. The molecule has 1 amide bonds. The lowest BCUT2D eigenvalue weighted by molar-refractivity contribution is -0.133. The van der Waals surface area contributed by atoms with Crippen LogP contribution in [0, 0.1) is 6.92 Å². The van der Waals surface area contributed by atoms with Crippen molar-refractivity contribution in [1.82, 2.24) is 19.7 Å². The minimum Gasteiger partial charge on any atom is -0.335 e. The van der Waals surface area contributed by atoms with Crippen molar-refractivity contribution in [3.63, 3.8) is 0 Å². The highest BCUT2D eigenvalue weighted by molar-refractivity contribution is 7.99. The van der Waals surface area contributed by atoms with Crippen LogP contribution in [0.4, 0.5) is 0 Å². The Bertz CT molecular complexity index is 798. The number of rotatable bonds is 6. The Morgan fingerprint density at radius 1 is 1.11 bits per heavy atom. The molecule has 27 heavy (non-hydrogen) atoms. The van der Waals surface area contributed by atoms with Gasteiger partial charge in [0.2, 0.25) is 5.91 Å². The molecule has 0 bridgehead atoms. The van der Waals surface area contributed by atoms with Crippen molar-refractivity contribution in [3.05, 3.63) is 5.82 Å². The molecule has 0 N–H and O–H groups in total. The van der Waals surface area contributed by atoms with Gasteiger partial charge in [-0.25, -0.2) is 8.42 Å². The fraction of sp³-hybridized carbons (Fsp3) is 0.833. The number of sulfone groups is 1. The van der Waals surface area contributed by atoms with Crippen molar-refractivity contribution in [2.75, 3.05) is 17.3 Å². The van der Waals surface area contributed by atoms with Crippen LogP contribution in [0.15, 0.2) is 5.16 Å². The second kappa shape index (κ2) is 7.73. The lowest BCUT2D eigenvalue weighted by Gasteiger charge is -2.38. The molecule has 1 aromatic heterocycles. The molecular formula is C18H28N4O3S2. The van der Waals surface area contributed by atoms with Gasteiger partial charge in [-0.3, -0.25) is 4.79 Å². The number of hydrogen-bond donors (Lipinski definition) is 0. The summed E-state index contributed by atoms with van der Waals surface area (Å²) in [5, 5.41) is 9.24. The van der Waals surface area contributed by atoms with Gasteiger partial charge in [0.1, 0.15) is 5.82 Å². The molecule has 4 rings (SSSR count). The fourth-order valence-electron chi connectivity index (χ4n) is 4.46. The summed E-state index contributed by atoms with van der Waals surface area (Å²) in [5.41, 5.74) is 0. The number of aromatic nitrogens is 3. The van der Waals surface area contributed by atoms with E-state index in [9.17, 15) is 13.2 Å². The Morgan fingerprint density at radius 2 is 1.85 bits per heavy atom. The lowest BCUT2D eigenvalue weighted by atomic mass is 9.93. The minimum absolute atomic E-state index is 0.0528. The van der Waals surface area contributed by atoms with Crippen LogP contribution in [-0.4, -0.2) is 63.3 Å². The van der Waals surface area contributed by atoms with Gasteiger partial charge in [0.15, 0.2) is 15.0 Å². The van der Waals surface area contributed by atoms with Gasteiger partial charge in [-0.05, 0) is 39.0 Å². The van der Waals surface area contributed by atoms with E-state index in [4.69, 9.17) is 0 Å². The van der Waals surface area contributed by atoms with E-state index in [1.807, 2.05) is 11.8 Å². The first-order chi connectivity index (χ1) is 12.9. The SMILES string of the molecule is Cc1nnc(SCC(=O)N(C2CCCCC2)C2CCS(=O)(=O)C2)n1C1CC1. The maximum atomic E-state index is 13.2. The zero-order valence-electron chi connectivity index (χ0n) is 15.8. The number of aryl methyl sites for hydroxylation is 1. The summed E-state index contributed by atoms with van der Waals surface area (Å²) in [6.45, 7) is 1.95. The molecule has 150 valence electrons. The summed E-state index contributed by atoms with van der Waals surface area (Å²) in [4.78, 5) is 15.1. The van der Waals surface area contributed by atoms with Crippen LogP contribution in [0.25, 0.3) is 0 Å². The quantitative estimate of drug-likeness (QED) is 0.667. The number of hydrogen-bond acceptors (Lipinski definition) is 6. The van der Waals surface area contributed by atoms with E-state index in [-0.39, 0.29) is 29.5 Å². The molecule has 9 heteroatoms. The van der Waals surface area contributed by atoms with Crippen LogP contribution < -0.4 is 0 Å². The molecular weight excluding hydrogens is 384 g/mol. The number of amides is 1. The van der Waals surface area contributed by atoms with E-state index in [1.165, 1.54) is 18.2 Å². The average molecular weight is 413 g/mol. The molecule has 0 aromatic carbocycles. The molecule has 1 atom stereocenters. The fourth-order valence-corrected chi connectivity index (χ4v) is 7.09. The third-order valence-corrected chi connectivity index (χ3v) is 8.61. The van der Waals surface area contributed by atoms with Gasteiger partial charge in [0, 0.05) is 18.1 Å². The van der Waals surface area contributed by atoms with E-state index in [0.717, 1.165) is 49.5 Å². The largest absolute Gasteiger partial charge is 0.335 e. The Balaban J connectivity index is 1.47. The highest BCUT2D eigenvalue weighted by atomic mass is 32.2. The predicted molar refractivity (Wildman–Crippen MR) is 105 cm³/mol. The first kappa shape index (κ1) is 19.2. The standard InChI is InChI=1S/C18H28N4O3S2/c1-13-19-20-18(21(13)15-7-8-15)26-11-17(23)22(14-5-3-2-4-6-14)16-9-10-27(24,25)12-16/h14-16H,2-12H2,1H3. The summed E-state index contributed by atoms with van der Waals surface area (Å²) in [5.74, 6) is 1.58. The zero-order valence-corrected chi connectivity index (χ0v) is 17.5. The molecule has 2 saturated carbocycles. The molecule has 0 spiro atoms.